The van der Waals surface area contributed by atoms with Gasteiger partial charge >= 0.3 is 5.97 Å². The van der Waals surface area contributed by atoms with E-state index in [0.29, 0.717) is 36.3 Å². The number of hydrogen-bond donors (Lipinski definition) is 8. The van der Waals surface area contributed by atoms with Crippen LogP contribution in [0.5, 0.6) is 0 Å². The van der Waals surface area contributed by atoms with Gasteiger partial charge in [-0.2, -0.15) is 8.42 Å². The van der Waals surface area contributed by atoms with Crippen molar-refractivity contribution in [2.24, 2.45) is 17.8 Å². The van der Waals surface area contributed by atoms with Crippen molar-refractivity contribution < 1.29 is 56.4 Å². The molecule has 2 aromatic carbocycles. The maximum absolute atomic E-state index is 13.9. The zero-order valence-electron chi connectivity index (χ0n) is 53.8. The van der Waals surface area contributed by atoms with Crippen molar-refractivity contribution in [2.75, 3.05) is 32.8 Å². The normalized spacial score (nSPS) is 15.3. The van der Waals surface area contributed by atoms with Crippen molar-refractivity contribution >= 4 is 73.0 Å². The summed E-state index contributed by atoms with van der Waals surface area (Å²) in [6.45, 7) is 36.5. The van der Waals surface area contributed by atoms with E-state index in [0.717, 1.165) is 12.8 Å². The zero-order chi connectivity index (χ0) is 65.5. The lowest BCUT2D eigenvalue weighted by atomic mass is 9.92. The number of fused-ring (bicyclic) bond motifs is 1. The van der Waals surface area contributed by atoms with Gasteiger partial charge in [0.2, 0.25) is 35.4 Å². The molecule has 0 bridgehead atoms. The Hall–Kier alpha value is -6.26. The number of amides is 6. The van der Waals surface area contributed by atoms with Gasteiger partial charge < -0.3 is 46.6 Å². The number of allylic oxidation sites excluding steroid dienone is 2. The third-order valence-corrected chi connectivity index (χ3v) is 15.1. The Morgan fingerprint density at radius 1 is 0.837 bits per heavy atom. The molecular formula is C65H105N7O12S2. The van der Waals surface area contributed by atoms with Gasteiger partial charge in [0.1, 0.15) is 23.9 Å². The molecule has 0 spiro atoms. The summed E-state index contributed by atoms with van der Waals surface area (Å²) in [6, 6.07) is 9.88. The summed E-state index contributed by atoms with van der Waals surface area (Å²) in [5.41, 5.74) is 3.02. The van der Waals surface area contributed by atoms with E-state index in [1.165, 1.54) is 39.5 Å². The number of benzene rings is 2. The van der Waals surface area contributed by atoms with Gasteiger partial charge in [0.05, 0.1) is 19.2 Å². The molecule has 5 unspecified atom stereocenters. The minimum absolute atomic E-state index is 0.00889. The molecule has 0 radical (unpaired) electrons. The number of hydrogen-bond acceptors (Lipinski definition) is 12. The molecule has 86 heavy (non-hydrogen) atoms. The number of thiophene rings is 1. The summed E-state index contributed by atoms with van der Waals surface area (Å²) in [6.07, 6.45) is 8.52. The number of carboxylic acid groups (broad SMARTS) is 1. The van der Waals surface area contributed by atoms with Gasteiger partial charge in [0, 0.05) is 61.3 Å². The molecule has 5 rings (SSSR count). The summed E-state index contributed by atoms with van der Waals surface area (Å²) in [7, 11) is -4.38. The molecule has 2 aliphatic heterocycles. The van der Waals surface area contributed by atoms with E-state index < -0.39 is 88.5 Å². The second-order valence-corrected chi connectivity index (χ2v) is 24.0. The highest BCUT2D eigenvalue weighted by molar-refractivity contribution is 7.85. The van der Waals surface area contributed by atoms with E-state index in [4.69, 9.17) is 9.84 Å². The van der Waals surface area contributed by atoms with Gasteiger partial charge in [0.25, 0.3) is 10.1 Å². The second-order valence-electron chi connectivity index (χ2n) is 21.6. The van der Waals surface area contributed by atoms with Gasteiger partial charge in [-0.1, -0.05) is 144 Å². The number of likely N-dealkylation sites (tertiary alicyclic amines) is 1. The van der Waals surface area contributed by atoms with Crippen molar-refractivity contribution in [3.8, 4) is 0 Å². The van der Waals surface area contributed by atoms with Crippen LogP contribution >= 0.6 is 11.3 Å². The predicted octanol–water partition coefficient (Wildman–Crippen LogP) is 9.77. The standard InChI is InChI=1S/C46H71N7O12S.C9H8S.2C3H8.C2H6.C2H4/c1-8-12-30(6)31(7)43(58)51-37(22-32-17-18-33(27-66(62,63)64)34(21-32)23-47-24-35-13-11-20-65-35)44(59)49-26-40(55)53-19-10-15-38(53)46(61)48-25-39(54)50-36(14-9-16-41(56)57)45(60)52-42(28(2)3)29(4)5;1-7-6-10-9-5-3-2-4-8(7)9;2*1-3-2;2*1-2/h8,12,17-18,21,28-30,35-38,42,47H,7,9-11,13-16,19-20,22-27H2,1-6H3,(H,48,61)(H,49,59)(H,50,54)(H,51,58)(H,52,60)(H,56,57)(H,62,63,64);2-6H,1H3;2*3H2,1-2H3;1-2H3;1-2H2/b12-8-;;;;;. The third kappa shape index (κ3) is 30.9. The molecule has 3 heterocycles. The SMILES string of the molecule is C=C.C=C(C(=O)NC(Cc1ccc(CS(=O)(=O)O)c(CNCC2CCCO2)c1)C(=O)NCC(=O)N1CCCC1C(=O)NCC(=O)NC(CCCC(=O)O)C(=O)NC(C(C)C)C(C)C)C(C)/C=C\C.CC.CCC.CCC.Cc1csc2ccccc12. The van der Waals surface area contributed by atoms with E-state index in [1.54, 1.807) is 38.1 Å². The minimum Gasteiger partial charge on any atom is -0.481 e. The molecule has 5 atom stereocenters. The second kappa shape index (κ2) is 44.2. The van der Waals surface area contributed by atoms with E-state index in [2.05, 4.69) is 116 Å². The monoisotopic (exact) mass is 1240 g/mol. The molecule has 0 saturated carbocycles. The smallest absolute Gasteiger partial charge is 0.303 e. The van der Waals surface area contributed by atoms with Crippen LogP contribution in [0.2, 0.25) is 0 Å². The maximum atomic E-state index is 13.9. The molecule has 1 aromatic heterocycles. The number of aryl methyl sites for hydroxylation is 1. The fourth-order valence-corrected chi connectivity index (χ4v) is 10.9. The molecule has 2 fully saturated rings. The molecule has 8 N–H and O–H groups in total. The van der Waals surface area contributed by atoms with E-state index >= 15 is 0 Å². The molecule has 2 aliphatic rings. The van der Waals surface area contributed by atoms with Crippen molar-refractivity contribution in [1.82, 2.24) is 36.8 Å². The molecule has 2 saturated heterocycles. The fourth-order valence-electron chi connectivity index (χ4n) is 9.25. The Bertz CT molecular complexity index is 2680. The average molecular weight is 1240 g/mol. The van der Waals surface area contributed by atoms with Gasteiger partial charge in [-0.25, -0.2) is 0 Å². The van der Waals surface area contributed by atoms with E-state index in [9.17, 15) is 46.5 Å². The van der Waals surface area contributed by atoms with Gasteiger partial charge in [-0.05, 0) is 103 Å². The van der Waals surface area contributed by atoms with Crippen molar-refractivity contribution in [2.45, 2.75) is 197 Å². The first-order chi connectivity index (χ1) is 40.8. The molecule has 6 amide bonds. The number of carboxylic acids is 1. The van der Waals surface area contributed by atoms with Crippen LogP contribution in [0.15, 0.2) is 85.3 Å². The molecule has 0 aliphatic carbocycles. The minimum atomic E-state index is -4.38. The molecule has 19 nitrogen and oxygen atoms in total. The summed E-state index contributed by atoms with van der Waals surface area (Å²) in [5.74, 6) is -5.51. The lowest BCUT2D eigenvalue weighted by molar-refractivity contribution is -0.139. The van der Waals surface area contributed by atoms with E-state index in [1.807, 2.05) is 52.9 Å². The van der Waals surface area contributed by atoms with Crippen molar-refractivity contribution in [3.63, 3.8) is 0 Å². The first kappa shape index (κ1) is 79.7. The first-order valence-electron chi connectivity index (χ1n) is 30.4. The molecule has 484 valence electrons. The number of rotatable bonds is 27. The fraction of sp³-hybridized carbons (Fsp3) is 0.585. The Morgan fingerprint density at radius 2 is 1.48 bits per heavy atom. The highest BCUT2D eigenvalue weighted by Crippen LogP contribution is 2.25. The average Bonchev–Trinajstić information content (AvgIpc) is 4.21. The van der Waals surface area contributed by atoms with Crippen LogP contribution in [0.25, 0.3) is 10.1 Å². The van der Waals surface area contributed by atoms with Crippen LogP contribution in [-0.4, -0.2) is 127 Å². The number of carbonyl (C=O) groups excluding carboxylic acids is 6. The number of carbonyl (C=O) groups is 7. The molecule has 3 aromatic rings. The maximum Gasteiger partial charge on any atom is 0.303 e. The summed E-state index contributed by atoms with van der Waals surface area (Å²) < 4.78 is 40.5. The van der Waals surface area contributed by atoms with Crippen molar-refractivity contribution in [1.29, 1.82) is 0 Å². The summed E-state index contributed by atoms with van der Waals surface area (Å²) >= 11 is 1.81. The van der Waals surface area contributed by atoms with Gasteiger partial charge in [-0.3, -0.25) is 38.1 Å². The number of ether oxygens (including phenoxy) is 1. The van der Waals surface area contributed by atoms with Crippen LogP contribution in [0, 0.1) is 24.7 Å². The Labute approximate surface area is 518 Å². The molecular weight excluding hydrogens is 1130 g/mol. The first-order valence-corrected chi connectivity index (χ1v) is 32.9. The highest BCUT2D eigenvalue weighted by Gasteiger charge is 2.35. The van der Waals surface area contributed by atoms with Crippen LogP contribution in [0.1, 0.15) is 163 Å². The van der Waals surface area contributed by atoms with Crippen LogP contribution in [0.4, 0.5) is 0 Å². The summed E-state index contributed by atoms with van der Waals surface area (Å²) in [5, 5.41) is 29.4. The predicted molar refractivity (Wildman–Crippen MR) is 348 cm³/mol. The van der Waals surface area contributed by atoms with Gasteiger partial charge in [-0.15, -0.1) is 24.5 Å². The number of nitrogens with zero attached hydrogens (tertiary/aromatic N) is 1. The van der Waals surface area contributed by atoms with Gasteiger partial charge in [0.15, 0.2) is 0 Å². The summed E-state index contributed by atoms with van der Waals surface area (Å²) in [4.78, 5) is 93.0. The van der Waals surface area contributed by atoms with E-state index in [-0.39, 0.29) is 80.7 Å². The quantitative estimate of drug-likeness (QED) is 0.0201. The van der Waals surface area contributed by atoms with Crippen LogP contribution in [0.3, 0.4) is 0 Å². The number of aliphatic carboxylic acids is 1. The van der Waals surface area contributed by atoms with Crippen molar-refractivity contribution in [3.05, 3.63) is 108 Å². The molecule has 21 heteroatoms. The Kier molecular flexibility index (Phi) is 41.0. The Balaban J connectivity index is 0.00000307. The largest absolute Gasteiger partial charge is 0.481 e. The lowest BCUT2D eigenvalue weighted by Gasteiger charge is -2.29. The topological polar surface area (TPSA) is 279 Å². The Morgan fingerprint density at radius 3 is 2.05 bits per heavy atom. The number of nitrogens with one attached hydrogen (secondary N) is 6. The van der Waals surface area contributed by atoms with Crippen LogP contribution < -0.4 is 31.9 Å². The zero-order valence-corrected chi connectivity index (χ0v) is 55.4. The third-order valence-electron chi connectivity index (χ3n) is 13.4. The van der Waals surface area contributed by atoms with Crippen LogP contribution in [-0.2, 0) is 67.1 Å². The highest BCUT2D eigenvalue weighted by atomic mass is 32.2. The lowest BCUT2D eigenvalue weighted by Crippen LogP contribution is -2.55.